The number of anilines is 2. The lowest BCUT2D eigenvalue weighted by molar-refractivity contribution is 0.671. The van der Waals surface area contributed by atoms with Gasteiger partial charge in [0.1, 0.15) is 11.6 Å². The molecule has 2 aromatic heterocycles. The molecule has 0 saturated heterocycles. The molecule has 0 bridgehead atoms. The lowest BCUT2D eigenvalue weighted by Gasteiger charge is -2.13. The van der Waals surface area contributed by atoms with Crippen molar-refractivity contribution in [2.45, 2.75) is 48.9 Å². The highest BCUT2D eigenvalue weighted by molar-refractivity contribution is 7.99. The van der Waals surface area contributed by atoms with Gasteiger partial charge in [-0.25, -0.2) is 4.98 Å². The second kappa shape index (κ2) is 6.69. The van der Waals surface area contributed by atoms with Crippen LogP contribution >= 0.6 is 11.8 Å². The average molecular weight is 334 g/mol. The number of hydrogen-bond acceptors (Lipinski definition) is 8. The number of nitrogens with one attached hydrogen (secondary N) is 1. The number of H-pyrrole nitrogens is 1. The number of aromatic nitrogens is 6. The van der Waals surface area contributed by atoms with Crippen LogP contribution in [0.15, 0.2) is 5.16 Å². The van der Waals surface area contributed by atoms with Gasteiger partial charge in [-0.3, -0.25) is 5.10 Å². The maximum atomic E-state index is 5.78. The summed E-state index contributed by atoms with van der Waals surface area (Å²) in [7, 11) is 3.75. The Kier molecular flexibility index (Phi) is 4.65. The Morgan fingerprint density at radius 2 is 1.91 bits per heavy atom. The van der Waals surface area contributed by atoms with Gasteiger partial charge in [-0.1, -0.05) is 24.6 Å². The Morgan fingerprint density at radius 1 is 1.17 bits per heavy atom. The lowest BCUT2D eigenvalue weighted by Crippen LogP contribution is -2.16. The molecule has 0 amide bonds. The zero-order chi connectivity index (χ0) is 16.4. The van der Waals surface area contributed by atoms with E-state index in [1.54, 1.807) is 0 Å². The first-order chi connectivity index (χ1) is 11.0. The number of aromatic amines is 1. The second-order valence-electron chi connectivity index (χ2n) is 5.99. The molecular weight excluding hydrogens is 312 g/mol. The summed E-state index contributed by atoms with van der Waals surface area (Å²) in [5, 5.41) is 8.12. The van der Waals surface area contributed by atoms with Gasteiger partial charge >= 0.3 is 0 Å². The molecule has 1 atom stereocenters. The number of nitrogens with zero attached hydrogens (tertiary/aromatic N) is 6. The first-order valence-corrected chi connectivity index (χ1v) is 8.68. The number of nitrogens with two attached hydrogens (primary N) is 1. The number of thioether (sulfide) groups is 1. The van der Waals surface area contributed by atoms with Gasteiger partial charge in [0.25, 0.3) is 0 Å². The van der Waals surface area contributed by atoms with Gasteiger partial charge < -0.3 is 10.6 Å². The van der Waals surface area contributed by atoms with Crippen LogP contribution in [0, 0.1) is 0 Å². The molecule has 0 spiro atoms. The Balaban J connectivity index is 1.72. The summed E-state index contributed by atoms with van der Waals surface area (Å²) in [6.45, 7) is 2.02. The normalized spacial score (nSPS) is 16.7. The Bertz CT molecular complexity index is 665. The molecule has 124 valence electrons. The molecule has 9 heteroatoms. The maximum absolute atomic E-state index is 5.78. The predicted octanol–water partition coefficient (Wildman–Crippen LogP) is 2.15. The SMILES string of the molecule is C[C@@H](Sc1n[nH]c(C2CCCC2)n1)c1nc(N)nc(N(C)C)n1. The van der Waals surface area contributed by atoms with E-state index in [1.807, 2.05) is 25.9 Å². The van der Waals surface area contributed by atoms with E-state index in [1.165, 1.54) is 37.4 Å². The van der Waals surface area contributed by atoms with E-state index >= 15 is 0 Å². The quantitative estimate of drug-likeness (QED) is 0.800. The fourth-order valence-electron chi connectivity index (χ4n) is 2.68. The first-order valence-electron chi connectivity index (χ1n) is 7.80. The van der Waals surface area contributed by atoms with E-state index in [0.29, 0.717) is 17.7 Å². The van der Waals surface area contributed by atoms with Crippen LogP contribution in [-0.2, 0) is 0 Å². The maximum Gasteiger partial charge on any atom is 0.229 e. The van der Waals surface area contributed by atoms with Gasteiger partial charge in [-0.15, -0.1) is 5.10 Å². The van der Waals surface area contributed by atoms with Crippen LogP contribution < -0.4 is 10.6 Å². The Morgan fingerprint density at radius 3 is 2.61 bits per heavy atom. The summed E-state index contributed by atoms with van der Waals surface area (Å²) in [6.07, 6.45) is 4.96. The zero-order valence-electron chi connectivity index (χ0n) is 13.7. The van der Waals surface area contributed by atoms with Crippen molar-refractivity contribution in [3.05, 3.63) is 11.6 Å². The highest BCUT2D eigenvalue weighted by Crippen LogP contribution is 2.35. The zero-order valence-corrected chi connectivity index (χ0v) is 14.5. The van der Waals surface area contributed by atoms with E-state index in [0.717, 1.165) is 11.0 Å². The van der Waals surface area contributed by atoms with Crippen LogP contribution in [0.5, 0.6) is 0 Å². The third kappa shape index (κ3) is 3.72. The minimum Gasteiger partial charge on any atom is -0.368 e. The molecule has 0 radical (unpaired) electrons. The molecule has 3 rings (SSSR count). The van der Waals surface area contributed by atoms with Crippen molar-refractivity contribution >= 4 is 23.7 Å². The third-order valence-corrected chi connectivity index (χ3v) is 4.89. The minimum absolute atomic E-state index is 0.00812. The molecule has 1 aliphatic rings. The van der Waals surface area contributed by atoms with Crippen molar-refractivity contribution < 1.29 is 0 Å². The summed E-state index contributed by atoms with van der Waals surface area (Å²) in [6, 6.07) is 0. The van der Waals surface area contributed by atoms with E-state index in [-0.39, 0.29) is 11.2 Å². The fraction of sp³-hybridized carbons (Fsp3) is 0.643. The minimum atomic E-state index is -0.00812. The number of hydrogen-bond donors (Lipinski definition) is 2. The molecule has 1 aliphatic carbocycles. The summed E-state index contributed by atoms with van der Waals surface area (Å²) < 4.78 is 0. The standard InChI is InChI=1S/C14H22N8S/c1-8(10-16-12(15)19-13(17-10)22(2)3)23-14-18-11(20-21-14)9-6-4-5-7-9/h8-9H,4-7H2,1-3H3,(H,18,20,21)(H2,15,16,17,19)/t8-/m1/s1. The molecule has 8 nitrogen and oxygen atoms in total. The van der Waals surface area contributed by atoms with E-state index < -0.39 is 0 Å². The fourth-order valence-corrected chi connectivity index (χ4v) is 3.46. The largest absolute Gasteiger partial charge is 0.368 e. The smallest absolute Gasteiger partial charge is 0.229 e. The van der Waals surface area contributed by atoms with Gasteiger partial charge in [0.15, 0.2) is 0 Å². The third-order valence-electron chi connectivity index (χ3n) is 3.93. The van der Waals surface area contributed by atoms with Crippen molar-refractivity contribution in [2.75, 3.05) is 24.7 Å². The summed E-state index contributed by atoms with van der Waals surface area (Å²) in [5.74, 6) is 2.95. The van der Waals surface area contributed by atoms with Crippen LogP contribution in [-0.4, -0.2) is 44.2 Å². The van der Waals surface area contributed by atoms with Crippen LogP contribution in [0.1, 0.15) is 55.4 Å². The van der Waals surface area contributed by atoms with Crippen LogP contribution in [0.4, 0.5) is 11.9 Å². The molecule has 1 saturated carbocycles. The Hall–Kier alpha value is -1.90. The van der Waals surface area contributed by atoms with Crippen molar-refractivity contribution in [3.8, 4) is 0 Å². The van der Waals surface area contributed by atoms with Crippen molar-refractivity contribution in [2.24, 2.45) is 0 Å². The molecule has 0 aliphatic heterocycles. The first kappa shape index (κ1) is 16.0. The van der Waals surface area contributed by atoms with E-state index in [2.05, 4.69) is 30.1 Å². The van der Waals surface area contributed by atoms with Crippen LogP contribution in [0.25, 0.3) is 0 Å². The van der Waals surface area contributed by atoms with Crippen molar-refractivity contribution in [1.29, 1.82) is 0 Å². The van der Waals surface area contributed by atoms with Crippen molar-refractivity contribution in [3.63, 3.8) is 0 Å². The Labute approximate surface area is 139 Å². The molecule has 2 heterocycles. The number of nitrogen functional groups attached to an aromatic ring is 1. The molecule has 2 aromatic rings. The van der Waals surface area contributed by atoms with Gasteiger partial charge in [-0.05, 0) is 19.8 Å². The van der Waals surface area contributed by atoms with Crippen molar-refractivity contribution in [1.82, 2.24) is 30.1 Å². The van der Waals surface area contributed by atoms with E-state index in [4.69, 9.17) is 5.73 Å². The van der Waals surface area contributed by atoms with Gasteiger partial charge in [0, 0.05) is 20.0 Å². The monoisotopic (exact) mass is 334 g/mol. The van der Waals surface area contributed by atoms with Gasteiger partial charge in [0.2, 0.25) is 17.1 Å². The van der Waals surface area contributed by atoms with Crippen LogP contribution in [0.3, 0.4) is 0 Å². The molecule has 3 N–H and O–H groups in total. The lowest BCUT2D eigenvalue weighted by atomic mass is 10.1. The summed E-state index contributed by atoms with van der Waals surface area (Å²) >= 11 is 1.53. The number of rotatable bonds is 5. The van der Waals surface area contributed by atoms with Crippen LogP contribution in [0.2, 0.25) is 0 Å². The van der Waals surface area contributed by atoms with E-state index in [9.17, 15) is 0 Å². The molecule has 0 aromatic carbocycles. The highest BCUT2D eigenvalue weighted by Gasteiger charge is 2.22. The van der Waals surface area contributed by atoms with Gasteiger partial charge in [-0.2, -0.15) is 15.0 Å². The summed E-state index contributed by atoms with van der Waals surface area (Å²) in [4.78, 5) is 19.2. The topological polar surface area (TPSA) is 110 Å². The summed E-state index contributed by atoms with van der Waals surface area (Å²) in [5.41, 5.74) is 5.78. The average Bonchev–Trinajstić information content (AvgIpc) is 3.17. The second-order valence-corrected chi connectivity index (χ2v) is 7.30. The van der Waals surface area contributed by atoms with Gasteiger partial charge in [0.05, 0.1) is 5.25 Å². The molecule has 1 fully saturated rings. The highest BCUT2D eigenvalue weighted by atomic mass is 32.2. The molecule has 0 unspecified atom stereocenters. The molecule has 23 heavy (non-hydrogen) atoms. The molecular formula is C14H22N8S. The predicted molar refractivity (Wildman–Crippen MR) is 90.4 cm³/mol.